The van der Waals surface area contributed by atoms with E-state index in [9.17, 15) is 0 Å². The summed E-state index contributed by atoms with van der Waals surface area (Å²) in [6, 6.07) is 8.61. The number of fused-ring (bicyclic) bond motifs is 2. The fourth-order valence-electron chi connectivity index (χ4n) is 4.76. The molecule has 1 unspecified atom stereocenters. The van der Waals surface area contributed by atoms with Gasteiger partial charge in [0.1, 0.15) is 0 Å². The minimum atomic E-state index is 0.626. The summed E-state index contributed by atoms with van der Waals surface area (Å²) >= 11 is 0. The molecule has 3 aliphatic rings. The number of aryl methyl sites for hydroxylation is 1. The van der Waals surface area contributed by atoms with Gasteiger partial charge in [-0.1, -0.05) is 12.8 Å². The Morgan fingerprint density at radius 2 is 1.90 bits per heavy atom. The lowest BCUT2D eigenvalue weighted by Crippen LogP contribution is -2.47. The van der Waals surface area contributed by atoms with Crippen molar-refractivity contribution in [2.45, 2.75) is 70.4 Å². The number of piperidine rings is 1. The molecule has 1 saturated heterocycles. The third kappa shape index (κ3) is 2.54. The molecule has 2 heterocycles. The molecule has 0 radical (unpaired) electrons. The molecule has 1 aromatic rings. The van der Waals surface area contributed by atoms with Crippen molar-refractivity contribution in [3.05, 3.63) is 23.8 Å². The van der Waals surface area contributed by atoms with Gasteiger partial charge in [0.2, 0.25) is 0 Å². The minimum Gasteiger partial charge on any atom is -0.382 e. The SMILES string of the molecule is CC1CCc2cc(N3CCC[C@H]4CCCC[C@H]43)ccc2N1. The Hall–Kier alpha value is -1.18. The van der Waals surface area contributed by atoms with E-state index in [1.165, 1.54) is 74.8 Å². The van der Waals surface area contributed by atoms with E-state index in [0.717, 1.165) is 12.0 Å². The molecule has 2 heteroatoms. The van der Waals surface area contributed by atoms with Crippen LogP contribution in [0, 0.1) is 5.92 Å². The molecule has 0 aromatic heterocycles. The second-order valence-corrected chi connectivity index (χ2v) is 7.37. The van der Waals surface area contributed by atoms with Crippen LogP contribution in [0.4, 0.5) is 11.4 Å². The van der Waals surface area contributed by atoms with Crippen molar-refractivity contribution in [2.24, 2.45) is 5.92 Å². The molecule has 2 aliphatic heterocycles. The van der Waals surface area contributed by atoms with Crippen LogP contribution in [0.5, 0.6) is 0 Å². The Balaban J connectivity index is 1.60. The standard InChI is InChI=1S/C19H28N2/c1-14-8-9-16-13-17(10-11-18(16)20-14)21-12-4-6-15-5-2-3-7-19(15)21/h10-11,13-15,19-20H,2-9,12H2,1H3/t14?,15-,19-/m1/s1. The van der Waals surface area contributed by atoms with Gasteiger partial charge < -0.3 is 10.2 Å². The number of rotatable bonds is 1. The van der Waals surface area contributed by atoms with E-state index < -0.39 is 0 Å². The zero-order valence-corrected chi connectivity index (χ0v) is 13.3. The molecule has 1 aromatic carbocycles. The van der Waals surface area contributed by atoms with E-state index in [2.05, 4.69) is 35.3 Å². The fraction of sp³-hybridized carbons (Fsp3) is 0.684. The van der Waals surface area contributed by atoms with Crippen molar-refractivity contribution in [1.82, 2.24) is 0 Å². The van der Waals surface area contributed by atoms with E-state index in [1.54, 1.807) is 0 Å². The van der Waals surface area contributed by atoms with Crippen LogP contribution in [0.1, 0.15) is 57.4 Å². The summed E-state index contributed by atoms with van der Waals surface area (Å²) in [6.07, 6.45) is 11.1. The molecule has 1 aliphatic carbocycles. The van der Waals surface area contributed by atoms with Crippen molar-refractivity contribution in [1.29, 1.82) is 0 Å². The van der Waals surface area contributed by atoms with Gasteiger partial charge in [0, 0.05) is 30.0 Å². The summed E-state index contributed by atoms with van der Waals surface area (Å²) in [5, 5.41) is 3.63. The van der Waals surface area contributed by atoms with Gasteiger partial charge in [-0.25, -0.2) is 0 Å². The molecule has 1 saturated carbocycles. The van der Waals surface area contributed by atoms with Crippen LogP contribution < -0.4 is 10.2 Å². The Labute approximate surface area is 128 Å². The van der Waals surface area contributed by atoms with E-state index in [4.69, 9.17) is 0 Å². The average molecular weight is 284 g/mol. The summed E-state index contributed by atoms with van der Waals surface area (Å²) < 4.78 is 0. The van der Waals surface area contributed by atoms with Gasteiger partial charge in [0.25, 0.3) is 0 Å². The molecule has 21 heavy (non-hydrogen) atoms. The number of hydrogen-bond donors (Lipinski definition) is 1. The zero-order valence-electron chi connectivity index (χ0n) is 13.3. The summed E-state index contributed by atoms with van der Waals surface area (Å²) in [7, 11) is 0. The highest BCUT2D eigenvalue weighted by atomic mass is 15.2. The number of nitrogens with one attached hydrogen (secondary N) is 1. The Bertz CT molecular complexity index is 508. The topological polar surface area (TPSA) is 15.3 Å². The van der Waals surface area contributed by atoms with Crippen LogP contribution in [0.3, 0.4) is 0 Å². The van der Waals surface area contributed by atoms with Crippen molar-refractivity contribution in [3.63, 3.8) is 0 Å². The van der Waals surface area contributed by atoms with Gasteiger partial charge in [-0.3, -0.25) is 0 Å². The van der Waals surface area contributed by atoms with Crippen molar-refractivity contribution in [2.75, 3.05) is 16.8 Å². The summed E-state index contributed by atoms with van der Waals surface area (Å²) in [6.45, 7) is 3.55. The van der Waals surface area contributed by atoms with E-state index in [1.807, 2.05) is 0 Å². The van der Waals surface area contributed by atoms with E-state index >= 15 is 0 Å². The van der Waals surface area contributed by atoms with Crippen LogP contribution in [-0.2, 0) is 6.42 Å². The van der Waals surface area contributed by atoms with Crippen LogP contribution in [0.2, 0.25) is 0 Å². The molecule has 1 N–H and O–H groups in total. The molecule has 4 rings (SSSR count). The van der Waals surface area contributed by atoms with Crippen molar-refractivity contribution in [3.8, 4) is 0 Å². The van der Waals surface area contributed by atoms with Gasteiger partial charge in [-0.15, -0.1) is 0 Å². The third-order valence-corrected chi connectivity index (χ3v) is 5.91. The summed E-state index contributed by atoms with van der Waals surface area (Å²) in [5.74, 6) is 0.960. The number of benzene rings is 1. The first-order valence-corrected chi connectivity index (χ1v) is 8.97. The fourth-order valence-corrected chi connectivity index (χ4v) is 4.76. The lowest BCUT2D eigenvalue weighted by molar-refractivity contribution is 0.244. The monoisotopic (exact) mass is 284 g/mol. The largest absolute Gasteiger partial charge is 0.382 e. The van der Waals surface area contributed by atoms with Crippen molar-refractivity contribution >= 4 is 11.4 Å². The smallest absolute Gasteiger partial charge is 0.0376 e. The molecular weight excluding hydrogens is 256 g/mol. The highest BCUT2D eigenvalue weighted by Gasteiger charge is 2.33. The van der Waals surface area contributed by atoms with Crippen LogP contribution in [0.15, 0.2) is 18.2 Å². The lowest BCUT2D eigenvalue weighted by atomic mass is 9.78. The molecule has 0 spiro atoms. The van der Waals surface area contributed by atoms with E-state index in [-0.39, 0.29) is 0 Å². The predicted octanol–water partition coefficient (Wildman–Crippen LogP) is 4.59. The summed E-state index contributed by atoms with van der Waals surface area (Å²) in [4.78, 5) is 2.74. The van der Waals surface area contributed by atoms with Gasteiger partial charge in [-0.2, -0.15) is 0 Å². The van der Waals surface area contributed by atoms with Gasteiger partial charge >= 0.3 is 0 Å². The predicted molar refractivity (Wildman–Crippen MR) is 90.2 cm³/mol. The van der Waals surface area contributed by atoms with Gasteiger partial charge in [0.15, 0.2) is 0 Å². The maximum atomic E-state index is 3.63. The molecule has 2 nitrogen and oxygen atoms in total. The molecule has 0 bridgehead atoms. The maximum absolute atomic E-state index is 3.63. The lowest BCUT2D eigenvalue weighted by Gasteiger charge is -2.45. The highest BCUT2D eigenvalue weighted by molar-refractivity contribution is 5.62. The van der Waals surface area contributed by atoms with E-state index in [0.29, 0.717) is 6.04 Å². The first-order chi connectivity index (χ1) is 10.3. The van der Waals surface area contributed by atoms with Crippen LogP contribution in [0.25, 0.3) is 0 Å². The normalized spacial score (nSPS) is 32.0. The van der Waals surface area contributed by atoms with Crippen molar-refractivity contribution < 1.29 is 0 Å². The molecular formula is C19H28N2. The van der Waals surface area contributed by atoms with Crippen LogP contribution >= 0.6 is 0 Å². The van der Waals surface area contributed by atoms with Crippen LogP contribution in [-0.4, -0.2) is 18.6 Å². The molecule has 2 fully saturated rings. The van der Waals surface area contributed by atoms with Gasteiger partial charge in [-0.05, 0) is 75.1 Å². The second-order valence-electron chi connectivity index (χ2n) is 7.37. The minimum absolute atomic E-state index is 0.626. The number of anilines is 2. The highest BCUT2D eigenvalue weighted by Crippen LogP contribution is 2.39. The summed E-state index contributed by atoms with van der Waals surface area (Å²) in [5.41, 5.74) is 4.39. The van der Waals surface area contributed by atoms with Gasteiger partial charge in [0.05, 0.1) is 0 Å². The average Bonchev–Trinajstić information content (AvgIpc) is 2.54. The Morgan fingerprint density at radius 3 is 2.86 bits per heavy atom. The number of hydrogen-bond acceptors (Lipinski definition) is 2. The second kappa shape index (κ2) is 5.55. The molecule has 0 amide bonds. The number of nitrogens with zero attached hydrogens (tertiary/aromatic N) is 1. The Kier molecular flexibility index (Phi) is 3.56. The molecule has 114 valence electrons. The quantitative estimate of drug-likeness (QED) is 0.811. The maximum Gasteiger partial charge on any atom is 0.0376 e. The Morgan fingerprint density at radius 1 is 1.05 bits per heavy atom. The first-order valence-electron chi connectivity index (χ1n) is 8.97. The zero-order chi connectivity index (χ0) is 14.2. The third-order valence-electron chi connectivity index (χ3n) is 5.91. The first kappa shape index (κ1) is 13.5. The molecule has 3 atom stereocenters.